The van der Waals surface area contributed by atoms with Gasteiger partial charge in [0.15, 0.2) is 0 Å². The molecule has 1 fully saturated rings. The number of rotatable bonds is 2. The van der Waals surface area contributed by atoms with Crippen LogP contribution in [-0.2, 0) is 19.7 Å². The molecule has 1 rings (SSSR count). The molecule has 0 spiro atoms. The van der Waals surface area contributed by atoms with E-state index in [0.717, 1.165) is 0 Å². The van der Waals surface area contributed by atoms with Crippen LogP contribution in [0, 0.1) is 0 Å². The van der Waals surface area contributed by atoms with Crippen molar-refractivity contribution in [3.63, 3.8) is 0 Å². The Morgan fingerprint density at radius 3 is 2.85 bits per heavy atom. The molecular formula is C6H12N2O4S. The Morgan fingerprint density at radius 1 is 1.62 bits per heavy atom. The molecule has 0 aromatic heterocycles. The minimum absolute atomic E-state index is 0.0808. The molecule has 0 saturated carbocycles. The summed E-state index contributed by atoms with van der Waals surface area (Å²) in [5, 5.41) is 0. The lowest BCUT2D eigenvalue weighted by Crippen LogP contribution is -2.50. The van der Waals surface area contributed by atoms with Crippen LogP contribution in [0.25, 0.3) is 0 Å². The summed E-state index contributed by atoms with van der Waals surface area (Å²) in [7, 11) is -2.12. The summed E-state index contributed by atoms with van der Waals surface area (Å²) in [6.07, 6.45) is 0.672. The summed E-state index contributed by atoms with van der Waals surface area (Å²) in [6, 6.07) is -0.348. The largest absolute Gasteiger partial charge is 0.469 e. The van der Waals surface area contributed by atoms with Crippen molar-refractivity contribution in [3.05, 3.63) is 0 Å². The third-order valence-corrected chi connectivity index (χ3v) is 2.98. The fraction of sp³-hybridized carbons (Fsp3) is 0.833. The molecule has 76 valence electrons. The van der Waals surface area contributed by atoms with E-state index >= 15 is 0 Å². The quantitative estimate of drug-likeness (QED) is 0.555. The van der Waals surface area contributed by atoms with Crippen molar-refractivity contribution in [3.8, 4) is 0 Å². The van der Waals surface area contributed by atoms with E-state index in [1.54, 1.807) is 0 Å². The lowest BCUT2D eigenvalue weighted by atomic mass is 10.1. The molecule has 0 aromatic rings. The number of esters is 1. The molecule has 1 unspecified atom stereocenters. The van der Waals surface area contributed by atoms with Gasteiger partial charge in [-0.1, -0.05) is 0 Å². The number of carbonyl (C=O) groups is 1. The number of nitrogens with one attached hydrogen (secondary N) is 2. The third kappa shape index (κ3) is 3.29. The Balaban J connectivity index is 2.48. The van der Waals surface area contributed by atoms with Gasteiger partial charge in [-0.25, -0.2) is 4.72 Å². The van der Waals surface area contributed by atoms with Gasteiger partial charge >= 0.3 is 5.97 Å². The maximum absolute atomic E-state index is 11.0. The Bertz CT molecular complexity index is 287. The van der Waals surface area contributed by atoms with Crippen molar-refractivity contribution in [2.24, 2.45) is 0 Å². The minimum Gasteiger partial charge on any atom is -0.469 e. The van der Waals surface area contributed by atoms with Gasteiger partial charge < -0.3 is 4.74 Å². The van der Waals surface area contributed by atoms with Gasteiger partial charge in [0.2, 0.25) is 0 Å². The average molecular weight is 208 g/mol. The van der Waals surface area contributed by atoms with Gasteiger partial charge in [0.25, 0.3) is 10.2 Å². The summed E-state index contributed by atoms with van der Waals surface area (Å²) in [5.41, 5.74) is 0. The van der Waals surface area contributed by atoms with Gasteiger partial charge in [0.05, 0.1) is 13.5 Å². The van der Waals surface area contributed by atoms with E-state index in [0.29, 0.717) is 13.0 Å². The molecule has 7 heteroatoms. The predicted octanol–water partition coefficient (Wildman–Crippen LogP) is -1.25. The first kappa shape index (κ1) is 10.4. The molecule has 13 heavy (non-hydrogen) atoms. The van der Waals surface area contributed by atoms with Crippen molar-refractivity contribution >= 4 is 16.2 Å². The highest BCUT2D eigenvalue weighted by molar-refractivity contribution is 7.87. The van der Waals surface area contributed by atoms with Gasteiger partial charge in [-0.3, -0.25) is 4.79 Å². The summed E-state index contributed by atoms with van der Waals surface area (Å²) in [4.78, 5) is 10.8. The SMILES string of the molecule is COC(=O)CC1CCNS(=O)(=O)N1. The van der Waals surface area contributed by atoms with Gasteiger partial charge in [-0.2, -0.15) is 13.1 Å². The molecule has 0 aliphatic carbocycles. The Kier molecular flexibility index (Phi) is 3.23. The topological polar surface area (TPSA) is 84.5 Å². The summed E-state index contributed by atoms with van der Waals surface area (Å²) in [6.45, 7) is 0.358. The van der Waals surface area contributed by atoms with E-state index < -0.39 is 16.2 Å². The van der Waals surface area contributed by atoms with Crippen LogP contribution in [0.5, 0.6) is 0 Å². The molecule has 1 aliphatic heterocycles. The van der Waals surface area contributed by atoms with E-state index in [4.69, 9.17) is 0 Å². The standard InChI is InChI=1S/C6H12N2O4S/c1-12-6(9)4-5-2-3-7-13(10,11)8-5/h5,7-8H,2-4H2,1H3. The van der Waals surface area contributed by atoms with Crippen LogP contribution < -0.4 is 9.44 Å². The second kappa shape index (κ2) is 4.03. The molecule has 1 saturated heterocycles. The second-order valence-electron chi connectivity index (χ2n) is 2.78. The van der Waals surface area contributed by atoms with Crippen LogP contribution in [0.4, 0.5) is 0 Å². The molecule has 0 bridgehead atoms. The van der Waals surface area contributed by atoms with Crippen LogP contribution in [-0.4, -0.2) is 34.1 Å². The predicted molar refractivity (Wildman–Crippen MR) is 45.1 cm³/mol. The molecule has 2 N–H and O–H groups in total. The molecular weight excluding hydrogens is 196 g/mol. The van der Waals surface area contributed by atoms with Gasteiger partial charge in [-0.15, -0.1) is 0 Å². The zero-order chi connectivity index (χ0) is 9.90. The number of carbonyl (C=O) groups excluding carboxylic acids is 1. The van der Waals surface area contributed by atoms with Crippen LogP contribution >= 0.6 is 0 Å². The highest BCUT2D eigenvalue weighted by Crippen LogP contribution is 2.04. The highest BCUT2D eigenvalue weighted by atomic mass is 32.2. The van der Waals surface area contributed by atoms with E-state index in [1.807, 2.05) is 0 Å². The number of hydrogen-bond acceptors (Lipinski definition) is 4. The van der Waals surface area contributed by atoms with E-state index in [1.165, 1.54) is 7.11 Å². The van der Waals surface area contributed by atoms with Gasteiger partial charge in [0, 0.05) is 12.6 Å². The minimum atomic E-state index is -3.39. The maximum Gasteiger partial charge on any atom is 0.307 e. The average Bonchev–Trinajstić information content (AvgIpc) is 2.02. The van der Waals surface area contributed by atoms with Crippen molar-refractivity contribution in [2.75, 3.05) is 13.7 Å². The molecule has 0 amide bonds. The second-order valence-corrected chi connectivity index (χ2v) is 4.31. The molecule has 1 heterocycles. The fourth-order valence-electron chi connectivity index (χ4n) is 1.12. The first-order valence-corrected chi connectivity index (χ1v) is 5.35. The van der Waals surface area contributed by atoms with Gasteiger partial charge in [-0.05, 0) is 6.42 Å². The smallest absolute Gasteiger partial charge is 0.307 e. The fourth-order valence-corrected chi connectivity index (χ4v) is 2.23. The Labute approximate surface area is 76.8 Å². The van der Waals surface area contributed by atoms with E-state index in [2.05, 4.69) is 14.2 Å². The molecule has 1 atom stereocenters. The summed E-state index contributed by atoms with van der Waals surface area (Å²) < 4.78 is 30.9. The van der Waals surface area contributed by atoms with Gasteiger partial charge in [0.1, 0.15) is 0 Å². The summed E-state index contributed by atoms with van der Waals surface area (Å²) >= 11 is 0. The molecule has 0 aromatic carbocycles. The number of hydrogen-bond donors (Lipinski definition) is 2. The van der Waals surface area contributed by atoms with Crippen molar-refractivity contribution in [1.29, 1.82) is 0 Å². The van der Waals surface area contributed by atoms with Crippen LogP contribution in [0.3, 0.4) is 0 Å². The summed E-state index contributed by atoms with van der Waals surface area (Å²) in [5.74, 6) is -0.408. The third-order valence-electron chi connectivity index (χ3n) is 1.75. The zero-order valence-corrected chi connectivity index (χ0v) is 8.06. The van der Waals surface area contributed by atoms with Crippen molar-refractivity contribution < 1.29 is 17.9 Å². The molecule has 0 radical (unpaired) electrons. The van der Waals surface area contributed by atoms with Crippen molar-refractivity contribution in [1.82, 2.24) is 9.44 Å². The monoisotopic (exact) mass is 208 g/mol. The maximum atomic E-state index is 11.0. The zero-order valence-electron chi connectivity index (χ0n) is 7.24. The van der Waals surface area contributed by atoms with Crippen molar-refractivity contribution in [2.45, 2.75) is 18.9 Å². The van der Waals surface area contributed by atoms with Crippen LogP contribution in [0.2, 0.25) is 0 Å². The first-order chi connectivity index (χ1) is 6.03. The van der Waals surface area contributed by atoms with E-state index in [9.17, 15) is 13.2 Å². The molecule has 6 nitrogen and oxygen atoms in total. The van der Waals surface area contributed by atoms with Crippen LogP contribution in [0.1, 0.15) is 12.8 Å². The lowest BCUT2D eigenvalue weighted by molar-refractivity contribution is -0.141. The first-order valence-electron chi connectivity index (χ1n) is 3.87. The Morgan fingerprint density at radius 2 is 2.31 bits per heavy atom. The number of methoxy groups -OCH3 is 1. The number of ether oxygens (including phenoxy) is 1. The van der Waals surface area contributed by atoms with Crippen LogP contribution in [0.15, 0.2) is 0 Å². The lowest BCUT2D eigenvalue weighted by Gasteiger charge is -2.22. The highest BCUT2D eigenvalue weighted by Gasteiger charge is 2.24. The Hall–Kier alpha value is -0.660. The van der Waals surface area contributed by atoms with E-state index in [-0.39, 0.29) is 12.5 Å². The molecule has 1 aliphatic rings. The normalized spacial score (nSPS) is 26.7.